The van der Waals surface area contributed by atoms with Gasteiger partial charge in [-0.25, -0.2) is 0 Å². The van der Waals surface area contributed by atoms with Crippen molar-refractivity contribution in [3.63, 3.8) is 0 Å². The lowest BCUT2D eigenvalue weighted by molar-refractivity contribution is -0.126. The Kier molecular flexibility index (Phi) is 18.1. The lowest BCUT2D eigenvalue weighted by Crippen LogP contribution is -2.29. The van der Waals surface area contributed by atoms with Crippen molar-refractivity contribution in [1.82, 2.24) is 5.32 Å². The molecular formula is C20H37NO7. The normalized spacial score (nSPS) is 12.0. The second kappa shape index (κ2) is 19.0. The molecule has 0 aromatic rings. The van der Waals surface area contributed by atoms with Crippen molar-refractivity contribution in [2.45, 2.75) is 46.0 Å². The van der Waals surface area contributed by atoms with Crippen LogP contribution < -0.4 is 5.32 Å². The molecule has 0 aromatic carbocycles. The van der Waals surface area contributed by atoms with Crippen LogP contribution >= 0.6 is 0 Å². The number of carbonyl (C=O) groups excluding carboxylic acids is 3. The first-order valence-corrected chi connectivity index (χ1v) is 9.98. The number of carbonyl (C=O) groups is 3. The summed E-state index contributed by atoms with van der Waals surface area (Å²) in [6, 6.07) is 0. The zero-order valence-corrected chi connectivity index (χ0v) is 17.6. The molecule has 0 aliphatic rings. The maximum absolute atomic E-state index is 11.6. The van der Waals surface area contributed by atoms with E-state index in [1.807, 2.05) is 6.92 Å². The molecule has 0 rings (SSSR count). The lowest BCUT2D eigenvalue weighted by atomic mass is 10.0. The number of unbranched alkanes of at least 4 members (excludes halogenated alkanes) is 1. The highest BCUT2D eigenvalue weighted by atomic mass is 16.5. The summed E-state index contributed by atoms with van der Waals surface area (Å²) in [5, 5.41) is 2.79. The van der Waals surface area contributed by atoms with Gasteiger partial charge in [0.25, 0.3) is 0 Å². The average molecular weight is 404 g/mol. The minimum Gasteiger partial charge on any atom is -0.382 e. The van der Waals surface area contributed by atoms with Gasteiger partial charge in [-0.05, 0) is 26.2 Å². The standard InChI is InChI=1S/C20H37NO7/c1-17(18(2)22)7-4-5-9-21-20(24)16-28-14-13-26-10-6-8-19(23)15-27-12-11-25-3/h17H,4-16H2,1-3H3,(H,21,24)/t17-/m0/s1. The fourth-order valence-corrected chi connectivity index (χ4v) is 2.21. The summed E-state index contributed by atoms with van der Waals surface area (Å²) >= 11 is 0. The van der Waals surface area contributed by atoms with Crippen LogP contribution in [0, 0.1) is 5.92 Å². The van der Waals surface area contributed by atoms with E-state index in [4.69, 9.17) is 18.9 Å². The molecule has 1 N–H and O–H groups in total. The number of ketones is 2. The number of amides is 1. The van der Waals surface area contributed by atoms with Crippen molar-refractivity contribution in [1.29, 1.82) is 0 Å². The molecule has 8 heteroatoms. The summed E-state index contributed by atoms with van der Waals surface area (Å²) in [6.07, 6.45) is 3.67. The van der Waals surface area contributed by atoms with Crippen molar-refractivity contribution in [2.75, 3.05) is 59.9 Å². The minimum absolute atomic E-state index is 0.00447. The van der Waals surface area contributed by atoms with E-state index in [0.717, 1.165) is 19.3 Å². The van der Waals surface area contributed by atoms with Gasteiger partial charge in [-0.3, -0.25) is 14.4 Å². The number of hydrogen-bond donors (Lipinski definition) is 1. The molecule has 8 nitrogen and oxygen atoms in total. The highest BCUT2D eigenvalue weighted by molar-refractivity contribution is 5.79. The first-order valence-electron chi connectivity index (χ1n) is 9.98. The lowest BCUT2D eigenvalue weighted by Gasteiger charge is -2.09. The van der Waals surface area contributed by atoms with Crippen LogP contribution in [-0.4, -0.2) is 77.4 Å². The average Bonchev–Trinajstić information content (AvgIpc) is 2.66. The molecule has 0 aliphatic carbocycles. The predicted octanol–water partition coefficient (Wildman–Crippen LogP) is 1.54. The zero-order chi connectivity index (χ0) is 21.0. The predicted molar refractivity (Wildman–Crippen MR) is 105 cm³/mol. The van der Waals surface area contributed by atoms with Crippen LogP contribution in [-0.2, 0) is 33.3 Å². The van der Waals surface area contributed by atoms with Crippen LogP contribution in [0.15, 0.2) is 0 Å². The largest absolute Gasteiger partial charge is 0.382 e. The quantitative estimate of drug-likeness (QED) is 0.308. The summed E-state index contributed by atoms with van der Waals surface area (Å²) in [5.41, 5.74) is 0. The monoisotopic (exact) mass is 403 g/mol. The molecule has 0 aliphatic heterocycles. The second-order valence-corrected chi connectivity index (χ2v) is 6.71. The summed E-state index contributed by atoms with van der Waals surface area (Å²) < 4.78 is 20.6. The Morgan fingerprint density at radius 2 is 1.54 bits per heavy atom. The number of Topliss-reactive ketones (excluding diaryl/α,β-unsaturated/α-hetero) is 2. The van der Waals surface area contributed by atoms with E-state index in [1.165, 1.54) is 0 Å². The number of rotatable bonds is 20. The van der Waals surface area contributed by atoms with Crippen molar-refractivity contribution < 1.29 is 33.3 Å². The molecule has 0 unspecified atom stereocenters. The SMILES string of the molecule is COCCOCC(=O)CCCOCCOCC(=O)NCCCC[C@H](C)C(C)=O. The first kappa shape index (κ1) is 26.6. The van der Waals surface area contributed by atoms with Crippen LogP contribution in [0.2, 0.25) is 0 Å². The van der Waals surface area contributed by atoms with Gasteiger partial charge < -0.3 is 24.3 Å². The maximum atomic E-state index is 11.6. The zero-order valence-electron chi connectivity index (χ0n) is 17.6. The van der Waals surface area contributed by atoms with Crippen molar-refractivity contribution >= 4 is 17.5 Å². The van der Waals surface area contributed by atoms with E-state index >= 15 is 0 Å². The van der Waals surface area contributed by atoms with E-state index in [1.54, 1.807) is 14.0 Å². The van der Waals surface area contributed by atoms with E-state index in [9.17, 15) is 14.4 Å². The molecule has 0 fully saturated rings. The van der Waals surface area contributed by atoms with Gasteiger partial charge in [-0.15, -0.1) is 0 Å². The van der Waals surface area contributed by atoms with Crippen molar-refractivity contribution in [2.24, 2.45) is 5.92 Å². The van der Waals surface area contributed by atoms with Crippen LogP contribution in [0.4, 0.5) is 0 Å². The molecular weight excluding hydrogens is 366 g/mol. The minimum atomic E-state index is -0.154. The van der Waals surface area contributed by atoms with Crippen LogP contribution in [0.5, 0.6) is 0 Å². The molecule has 1 atom stereocenters. The van der Waals surface area contributed by atoms with Crippen LogP contribution in [0.1, 0.15) is 46.0 Å². The molecule has 0 aromatic heterocycles. The fraction of sp³-hybridized carbons (Fsp3) is 0.850. The molecule has 1 amide bonds. The topological polar surface area (TPSA) is 100 Å². The Morgan fingerprint density at radius 3 is 2.25 bits per heavy atom. The fourth-order valence-electron chi connectivity index (χ4n) is 2.21. The summed E-state index contributed by atoms with van der Waals surface area (Å²) in [6.45, 7) is 6.32. The Balaban J connectivity index is 3.34. The molecule has 0 spiro atoms. The summed E-state index contributed by atoms with van der Waals surface area (Å²) in [5.74, 6) is 0.187. The summed E-state index contributed by atoms with van der Waals surface area (Å²) in [4.78, 5) is 34.2. The van der Waals surface area contributed by atoms with Gasteiger partial charge in [0.2, 0.25) is 5.91 Å². The maximum Gasteiger partial charge on any atom is 0.245 e. The van der Waals surface area contributed by atoms with Gasteiger partial charge in [0.1, 0.15) is 19.0 Å². The van der Waals surface area contributed by atoms with Crippen molar-refractivity contribution in [3.05, 3.63) is 0 Å². The third-order valence-corrected chi connectivity index (χ3v) is 4.12. The Labute approximate surface area is 168 Å². The van der Waals surface area contributed by atoms with Gasteiger partial charge in [0, 0.05) is 32.6 Å². The first-order chi connectivity index (χ1) is 13.5. The van der Waals surface area contributed by atoms with E-state index in [-0.39, 0.29) is 36.6 Å². The van der Waals surface area contributed by atoms with Crippen LogP contribution in [0.25, 0.3) is 0 Å². The van der Waals surface area contributed by atoms with Gasteiger partial charge in [-0.1, -0.05) is 13.3 Å². The molecule has 0 bridgehead atoms. The molecule has 0 saturated carbocycles. The summed E-state index contributed by atoms with van der Waals surface area (Å²) in [7, 11) is 1.58. The Hall–Kier alpha value is -1.35. The van der Waals surface area contributed by atoms with Gasteiger partial charge in [0.15, 0.2) is 5.78 Å². The molecule has 164 valence electrons. The van der Waals surface area contributed by atoms with Gasteiger partial charge in [-0.2, -0.15) is 0 Å². The number of hydrogen-bond acceptors (Lipinski definition) is 7. The highest BCUT2D eigenvalue weighted by Crippen LogP contribution is 2.07. The molecule has 0 heterocycles. The Bertz CT molecular complexity index is 429. The molecule has 28 heavy (non-hydrogen) atoms. The molecule has 0 saturated heterocycles. The number of methoxy groups -OCH3 is 1. The van der Waals surface area contributed by atoms with Gasteiger partial charge in [0.05, 0.1) is 26.4 Å². The number of nitrogens with one attached hydrogen (secondary N) is 1. The smallest absolute Gasteiger partial charge is 0.245 e. The third kappa shape index (κ3) is 18.0. The third-order valence-electron chi connectivity index (χ3n) is 4.12. The van der Waals surface area contributed by atoms with E-state index in [2.05, 4.69) is 5.32 Å². The second-order valence-electron chi connectivity index (χ2n) is 6.71. The Morgan fingerprint density at radius 1 is 0.857 bits per heavy atom. The number of ether oxygens (including phenoxy) is 4. The van der Waals surface area contributed by atoms with Crippen molar-refractivity contribution in [3.8, 4) is 0 Å². The van der Waals surface area contributed by atoms with E-state index in [0.29, 0.717) is 52.4 Å². The highest BCUT2D eigenvalue weighted by Gasteiger charge is 2.07. The van der Waals surface area contributed by atoms with Crippen LogP contribution in [0.3, 0.4) is 0 Å². The van der Waals surface area contributed by atoms with E-state index < -0.39 is 0 Å². The molecule has 0 radical (unpaired) electrons. The van der Waals surface area contributed by atoms with Gasteiger partial charge >= 0.3 is 0 Å².